The third-order valence-corrected chi connectivity index (χ3v) is 3.40. The predicted octanol–water partition coefficient (Wildman–Crippen LogP) is 2.20. The molecular weight excluding hydrogens is 212 g/mol. The molecule has 15 heavy (non-hydrogen) atoms. The molecule has 0 unspecified atom stereocenters. The zero-order chi connectivity index (χ0) is 11.5. The second-order valence-electron chi connectivity index (χ2n) is 3.93. The quantitative estimate of drug-likeness (QED) is 0.785. The van der Waals surface area contributed by atoms with Crippen molar-refractivity contribution < 1.29 is 9.90 Å². The summed E-state index contributed by atoms with van der Waals surface area (Å²) in [6.07, 6.45) is 4.58. The Bertz CT molecular complexity index is 347. The van der Waals surface area contributed by atoms with Gasteiger partial charge in [0.15, 0.2) is 5.16 Å². The van der Waals surface area contributed by atoms with Gasteiger partial charge in [-0.15, -0.1) is 0 Å². The highest BCUT2D eigenvalue weighted by Crippen LogP contribution is 2.26. The molecule has 0 spiro atoms. The van der Waals surface area contributed by atoms with E-state index in [1.165, 1.54) is 11.8 Å². The largest absolute Gasteiger partial charge is 0.481 e. The summed E-state index contributed by atoms with van der Waals surface area (Å²) in [6.45, 7) is 6.32. The smallest absolute Gasteiger partial charge is 0.313 e. The first-order chi connectivity index (χ1) is 6.97. The molecule has 4 nitrogen and oxygen atoms in total. The third kappa shape index (κ3) is 2.99. The first-order valence-corrected chi connectivity index (χ1v) is 5.84. The van der Waals surface area contributed by atoms with Gasteiger partial charge in [0.25, 0.3) is 0 Å². The van der Waals surface area contributed by atoms with E-state index in [0.29, 0.717) is 0 Å². The van der Waals surface area contributed by atoms with E-state index >= 15 is 0 Å². The number of aromatic nitrogens is 2. The monoisotopic (exact) mass is 228 g/mol. The second kappa shape index (κ2) is 4.70. The molecule has 1 heterocycles. The van der Waals surface area contributed by atoms with Crippen LogP contribution in [0.3, 0.4) is 0 Å². The molecule has 0 saturated carbocycles. The van der Waals surface area contributed by atoms with Gasteiger partial charge in [-0.2, -0.15) is 0 Å². The van der Waals surface area contributed by atoms with Crippen molar-refractivity contribution in [1.29, 1.82) is 0 Å². The summed E-state index contributed by atoms with van der Waals surface area (Å²) in [7, 11) is 0. The van der Waals surface area contributed by atoms with Gasteiger partial charge >= 0.3 is 5.97 Å². The van der Waals surface area contributed by atoms with E-state index in [1.807, 2.05) is 10.8 Å². The minimum absolute atomic E-state index is 0.0165. The number of carboxylic acids is 1. The van der Waals surface area contributed by atoms with Gasteiger partial charge in [0.2, 0.25) is 0 Å². The van der Waals surface area contributed by atoms with Crippen LogP contribution in [0.15, 0.2) is 17.6 Å². The lowest BCUT2D eigenvalue weighted by Crippen LogP contribution is -2.25. The minimum atomic E-state index is -0.816. The Hall–Kier alpha value is -0.970. The summed E-state index contributed by atoms with van der Waals surface area (Å²) in [5, 5.41) is 9.37. The lowest BCUT2D eigenvalue weighted by atomic mass is 10.0. The summed E-state index contributed by atoms with van der Waals surface area (Å²) in [6, 6.07) is 0. The summed E-state index contributed by atoms with van der Waals surface area (Å²) < 4.78 is 2.03. The van der Waals surface area contributed by atoms with Crippen LogP contribution in [0.5, 0.6) is 0 Å². The van der Waals surface area contributed by atoms with Crippen LogP contribution in [0.25, 0.3) is 0 Å². The number of thioether (sulfide) groups is 1. The number of aliphatic carboxylic acids is 1. The molecule has 1 aromatic heterocycles. The van der Waals surface area contributed by atoms with Gasteiger partial charge in [-0.25, -0.2) is 4.98 Å². The lowest BCUT2D eigenvalue weighted by Gasteiger charge is -2.26. The Kier molecular flexibility index (Phi) is 3.79. The van der Waals surface area contributed by atoms with E-state index in [2.05, 4.69) is 25.8 Å². The standard InChI is InChI=1S/C10H16N2O2S/c1-4-10(2,3)12-6-5-11-9(12)15-7-8(13)14/h5-6H,4,7H2,1-3H3,(H,13,14). The van der Waals surface area contributed by atoms with E-state index in [4.69, 9.17) is 5.11 Å². The molecule has 0 bridgehead atoms. The molecule has 0 aliphatic heterocycles. The highest BCUT2D eigenvalue weighted by atomic mass is 32.2. The van der Waals surface area contributed by atoms with Crippen molar-refractivity contribution in [2.24, 2.45) is 0 Å². The fraction of sp³-hybridized carbons (Fsp3) is 0.600. The molecule has 84 valence electrons. The maximum Gasteiger partial charge on any atom is 0.313 e. The lowest BCUT2D eigenvalue weighted by molar-refractivity contribution is -0.133. The highest BCUT2D eigenvalue weighted by molar-refractivity contribution is 7.99. The normalized spacial score (nSPS) is 11.7. The SMILES string of the molecule is CCC(C)(C)n1ccnc1SCC(=O)O. The van der Waals surface area contributed by atoms with E-state index in [0.717, 1.165) is 11.6 Å². The molecule has 5 heteroatoms. The van der Waals surface area contributed by atoms with Crippen LogP contribution in [0.2, 0.25) is 0 Å². The summed E-state index contributed by atoms with van der Waals surface area (Å²) in [4.78, 5) is 14.6. The van der Waals surface area contributed by atoms with Crippen molar-refractivity contribution in [2.75, 3.05) is 5.75 Å². The van der Waals surface area contributed by atoms with Crippen LogP contribution >= 0.6 is 11.8 Å². The van der Waals surface area contributed by atoms with Crippen LogP contribution in [0, 0.1) is 0 Å². The molecule has 1 rings (SSSR count). The molecule has 0 aliphatic carbocycles. The predicted molar refractivity (Wildman–Crippen MR) is 60.2 cm³/mol. The number of carbonyl (C=O) groups is 1. The van der Waals surface area contributed by atoms with Gasteiger partial charge in [0.05, 0.1) is 5.75 Å². The van der Waals surface area contributed by atoms with Crippen molar-refractivity contribution >= 4 is 17.7 Å². The number of nitrogens with zero attached hydrogens (tertiary/aromatic N) is 2. The Morgan fingerprint density at radius 3 is 2.87 bits per heavy atom. The third-order valence-electron chi connectivity index (χ3n) is 2.45. The van der Waals surface area contributed by atoms with Gasteiger partial charge in [0.1, 0.15) is 0 Å². The molecule has 1 N–H and O–H groups in total. The average Bonchev–Trinajstić information content (AvgIpc) is 2.63. The van der Waals surface area contributed by atoms with E-state index in [-0.39, 0.29) is 11.3 Å². The Labute approximate surface area is 93.7 Å². The fourth-order valence-corrected chi connectivity index (χ4v) is 1.99. The van der Waals surface area contributed by atoms with Gasteiger partial charge in [-0.3, -0.25) is 4.79 Å². The molecular formula is C10H16N2O2S. The van der Waals surface area contributed by atoms with Crippen LogP contribution in [0.4, 0.5) is 0 Å². The molecule has 0 atom stereocenters. The zero-order valence-corrected chi connectivity index (χ0v) is 10.0. The molecule has 0 radical (unpaired) electrons. The highest BCUT2D eigenvalue weighted by Gasteiger charge is 2.20. The molecule has 0 saturated heterocycles. The molecule has 1 aromatic rings. The van der Waals surface area contributed by atoms with Crippen molar-refractivity contribution in [1.82, 2.24) is 9.55 Å². The van der Waals surface area contributed by atoms with E-state index in [1.54, 1.807) is 6.20 Å². The number of carboxylic acid groups (broad SMARTS) is 1. The summed E-state index contributed by atoms with van der Waals surface area (Å²) in [5.41, 5.74) is -0.0165. The van der Waals surface area contributed by atoms with Crippen LogP contribution < -0.4 is 0 Å². The molecule has 0 aliphatic rings. The van der Waals surface area contributed by atoms with Crippen LogP contribution in [-0.2, 0) is 10.3 Å². The van der Waals surface area contributed by atoms with Crippen molar-refractivity contribution in [2.45, 2.75) is 37.9 Å². The van der Waals surface area contributed by atoms with Gasteiger partial charge in [0, 0.05) is 17.9 Å². The van der Waals surface area contributed by atoms with Gasteiger partial charge in [-0.1, -0.05) is 18.7 Å². The van der Waals surface area contributed by atoms with Gasteiger partial charge in [-0.05, 0) is 20.3 Å². The maximum absolute atomic E-state index is 10.5. The molecule has 0 amide bonds. The average molecular weight is 228 g/mol. The fourth-order valence-electron chi connectivity index (χ4n) is 1.15. The second-order valence-corrected chi connectivity index (χ2v) is 4.87. The number of hydrogen-bond acceptors (Lipinski definition) is 3. The van der Waals surface area contributed by atoms with Crippen LogP contribution in [-0.4, -0.2) is 26.4 Å². The number of rotatable bonds is 5. The van der Waals surface area contributed by atoms with E-state index < -0.39 is 5.97 Å². The van der Waals surface area contributed by atoms with E-state index in [9.17, 15) is 4.79 Å². The first kappa shape index (κ1) is 12.1. The molecule has 0 fully saturated rings. The van der Waals surface area contributed by atoms with Crippen molar-refractivity contribution in [3.05, 3.63) is 12.4 Å². The summed E-state index contributed by atoms with van der Waals surface area (Å²) >= 11 is 1.26. The number of hydrogen-bond donors (Lipinski definition) is 1. The van der Waals surface area contributed by atoms with Gasteiger partial charge < -0.3 is 9.67 Å². The topological polar surface area (TPSA) is 55.1 Å². The molecule has 0 aromatic carbocycles. The Morgan fingerprint density at radius 1 is 1.67 bits per heavy atom. The number of imidazole rings is 1. The Balaban J connectivity index is 2.82. The minimum Gasteiger partial charge on any atom is -0.481 e. The maximum atomic E-state index is 10.5. The van der Waals surface area contributed by atoms with Crippen molar-refractivity contribution in [3.8, 4) is 0 Å². The van der Waals surface area contributed by atoms with Crippen LogP contribution in [0.1, 0.15) is 27.2 Å². The van der Waals surface area contributed by atoms with Crippen molar-refractivity contribution in [3.63, 3.8) is 0 Å². The summed E-state index contributed by atoms with van der Waals surface area (Å²) in [5.74, 6) is -0.763. The zero-order valence-electron chi connectivity index (χ0n) is 9.23. The first-order valence-electron chi connectivity index (χ1n) is 4.86. The Morgan fingerprint density at radius 2 is 2.33 bits per heavy atom.